The SMILES string of the molecule is N=[N+]=NC1CN(C(=O)[O-])CCC1O. The van der Waals surface area contributed by atoms with E-state index in [2.05, 4.69) is 10.0 Å². The summed E-state index contributed by atoms with van der Waals surface area (Å²) in [5.41, 5.74) is 6.47. The van der Waals surface area contributed by atoms with Crippen molar-refractivity contribution in [1.29, 1.82) is 5.53 Å². The molecule has 1 amide bonds. The lowest BCUT2D eigenvalue weighted by atomic mass is 10.0. The van der Waals surface area contributed by atoms with Crippen molar-refractivity contribution in [2.45, 2.75) is 18.6 Å². The van der Waals surface area contributed by atoms with Gasteiger partial charge in [-0.15, -0.1) is 0 Å². The van der Waals surface area contributed by atoms with Crippen LogP contribution >= 0.6 is 0 Å². The summed E-state index contributed by atoms with van der Waals surface area (Å²) in [5, 5.41) is 23.2. The van der Waals surface area contributed by atoms with Gasteiger partial charge in [-0.2, -0.15) is 0 Å². The number of hydrogen-bond acceptors (Lipinski definition) is 5. The van der Waals surface area contributed by atoms with Crippen molar-refractivity contribution in [3.63, 3.8) is 0 Å². The molecule has 7 heteroatoms. The third kappa shape index (κ3) is 2.24. The Balaban J connectivity index is 2.62. The average Bonchev–Trinajstić information content (AvgIpc) is 2.08. The second-order valence-corrected chi connectivity index (χ2v) is 2.85. The maximum Gasteiger partial charge on any atom is 0.214 e. The van der Waals surface area contributed by atoms with Gasteiger partial charge in [-0.1, -0.05) is 0 Å². The zero-order chi connectivity index (χ0) is 9.84. The number of aliphatic hydroxyl groups is 1. The summed E-state index contributed by atoms with van der Waals surface area (Å²) in [7, 11) is 0. The number of nitrogens with one attached hydrogen (secondary N) is 1. The number of likely N-dealkylation sites (tertiary alicyclic amines) is 1. The highest BCUT2D eigenvalue weighted by molar-refractivity contribution is 5.62. The van der Waals surface area contributed by atoms with Gasteiger partial charge in [0.2, 0.25) is 4.91 Å². The molecule has 72 valence electrons. The van der Waals surface area contributed by atoms with Gasteiger partial charge in [0.15, 0.2) is 6.04 Å². The van der Waals surface area contributed by atoms with Gasteiger partial charge in [-0.3, -0.25) is 0 Å². The van der Waals surface area contributed by atoms with Crippen LogP contribution in [-0.2, 0) is 0 Å². The number of carbonyl (C=O) groups excluding carboxylic acids is 1. The fourth-order valence-corrected chi connectivity index (χ4v) is 1.27. The monoisotopic (exact) mass is 186 g/mol. The van der Waals surface area contributed by atoms with Crippen LogP contribution in [0.2, 0.25) is 0 Å². The summed E-state index contributed by atoms with van der Waals surface area (Å²) in [6.07, 6.45) is -1.70. The van der Waals surface area contributed by atoms with E-state index < -0.39 is 18.2 Å². The van der Waals surface area contributed by atoms with Gasteiger partial charge in [0.05, 0.1) is 12.6 Å². The number of carbonyl (C=O) groups is 1. The zero-order valence-corrected chi connectivity index (χ0v) is 6.88. The minimum Gasteiger partial charge on any atom is -0.530 e. The standard InChI is InChI=1S/C6H10N4O3/c7-9-8-4-3-10(6(12)13)2-1-5(4)11/h4-5,7,11H,1-3H2. The van der Waals surface area contributed by atoms with Crippen molar-refractivity contribution in [2.24, 2.45) is 5.11 Å². The van der Waals surface area contributed by atoms with Crippen LogP contribution in [0.4, 0.5) is 4.79 Å². The fourth-order valence-electron chi connectivity index (χ4n) is 1.27. The fraction of sp³-hybridized carbons (Fsp3) is 0.833. The first kappa shape index (κ1) is 9.63. The molecule has 0 saturated carbocycles. The quantitative estimate of drug-likeness (QED) is 0.376. The molecular weight excluding hydrogens is 176 g/mol. The summed E-state index contributed by atoms with van der Waals surface area (Å²) in [6.45, 7) is 0.291. The molecule has 7 nitrogen and oxygen atoms in total. The van der Waals surface area contributed by atoms with Crippen molar-refractivity contribution in [3.8, 4) is 0 Å². The Kier molecular flexibility index (Phi) is 2.94. The molecule has 0 aromatic carbocycles. The summed E-state index contributed by atoms with van der Waals surface area (Å²) >= 11 is 0. The number of rotatable bonds is 1. The van der Waals surface area contributed by atoms with Gasteiger partial charge in [-0.05, 0) is 6.42 Å². The summed E-state index contributed by atoms with van der Waals surface area (Å²) in [6, 6.07) is -0.635. The molecule has 0 bridgehead atoms. The van der Waals surface area contributed by atoms with Crippen molar-refractivity contribution in [3.05, 3.63) is 0 Å². The van der Waals surface area contributed by atoms with Gasteiger partial charge >= 0.3 is 0 Å². The number of aliphatic hydroxyl groups excluding tert-OH is 1. The molecule has 1 heterocycles. The smallest absolute Gasteiger partial charge is 0.214 e. The molecule has 1 aliphatic heterocycles. The predicted octanol–water partition coefficient (Wildman–Crippen LogP) is -1.68. The van der Waals surface area contributed by atoms with E-state index in [4.69, 9.17) is 5.53 Å². The molecule has 0 aromatic rings. The van der Waals surface area contributed by atoms with Crippen LogP contribution < -0.4 is 10.0 Å². The van der Waals surface area contributed by atoms with E-state index in [0.717, 1.165) is 4.90 Å². The molecular formula is C6H10N4O3. The van der Waals surface area contributed by atoms with Crippen molar-refractivity contribution in [2.75, 3.05) is 13.1 Å². The normalized spacial score (nSPS) is 27.9. The molecule has 0 aliphatic carbocycles. The maximum atomic E-state index is 10.4. The lowest BCUT2D eigenvalue weighted by Gasteiger charge is -2.33. The second-order valence-electron chi connectivity index (χ2n) is 2.85. The van der Waals surface area contributed by atoms with Crippen molar-refractivity contribution < 1.29 is 15.0 Å². The summed E-state index contributed by atoms with van der Waals surface area (Å²) in [5.74, 6) is 0. The minimum atomic E-state index is -1.28. The molecule has 1 aliphatic rings. The van der Waals surface area contributed by atoms with E-state index in [1.54, 1.807) is 0 Å². The lowest BCUT2D eigenvalue weighted by molar-refractivity contribution is -0.267. The predicted molar refractivity (Wildman–Crippen MR) is 38.7 cm³/mol. The maximum absolute atomic E-state index is 10.4. The van der Waals surface area contributed by atoms with Crippen LogP contribution in [0.3, 0.4) is 0 Å². The number of hydrogen-bond donors (Lipinski definition) is 2. The highest BCUT2D eigenvalue weighted by Crippen LogP contribution is 2.12. The first-order valence-electron chi connectivity index (χ1n) is 3.85. The van der Waals surface area contributed by atoms with Crippen LogP contribution in [-0.4, -0.2) is 41.3 Å². The second kappa shape index (κ2) is 3.97. The topological polar surface area (TPSA) is 114 Å². The summed E-state index contributed by atoms with van der Waals surface area (Å²) < 4.78 is 0. The number of nitrogens with zero attached hydrogens (tertiary/aromatic N) is 3. The van der Waals surface area contributed by atoms with Crippen LogP contribution in [0.1, 0.15) is 6.42 Å². The van der Waals surface area contributed by atoms with Crippen LogP contribution in [0.5, 0.6) is 0 Å². The molecule has 1 fully saturated rings. The highest BCUT2D eigenvalue weighted by Gasteiger charge is 2.31. The molecule has 0 aromatic heterocycles. The van der Waals surface area contributed by atoms with Crippen LogP contribution in [0.15, 0.2) is 5.11 Å². The van der Waals surface area contributed by atoms with E-state index in [0.29, 0.717) is 6.42 Å². The average molecular weight is 186 g/mol. The molecule has 0 spiro atoms. The van der Waals surface area contributed by atoms with Gasteiger partial charge in [0.1, 0.15) is 16.7 Å². The minimum absolute atomic E-state index is 0.0475. The van der Waals surface area contributed by atoms with E-state index >= 15 is 0 Å². The highest BCUT2D eigenvalue weighted by atomic mass is 16.4. The Hall–Kier alpha value is -1.46. The van der Waals surface area contributed by atoms with Crippen molar-refractivity contribution in [1.82, 2.24) is 9.81 Å². The Bertz CT molecular complexity index is 250. The molecule has 2 N–H and O–H groups in total. The third-order valence-electron chi connectivity index (χ3n) is 2.01. The number of piperidine rings is 1. The van der Waals surface area contributed by atoms with Gasteiger partial charge in [-0.25, -0.2) is 0 Å². The van der Waals surface area contributed by atoms with E-state index in [1.165, 1.54) is 0 Å². The lowest BCUT2D eigenvalue weighted by Crippen LogP contribution is -2.52. The molecule has 1 saturated heterocycles. The Morgan fingerprint density at radius 2 is 2.46 bits per heavy atom. The van der Waals surface area contributed by atoms with Crippen LogP contribution in [0, 0.1) is 5.53 Å². The van der Waals surface area contributed by atoms with E-state index in [-0.39, 0.29) is 13.1 Å². The molecule has 2 unspecified atom stereocenters. The van der Waals surface area contributed by atoms with E-state index in [1.807, 2.05) is 0 Å². The molecule has 13 heavy (non-hydrogen) atoms. The number of amides is 1. The molecule has 1 rings (SSSR count). The Labute approximate surface area is 74.2 Å². The van der Waals surface area contributed by atoms with Gasteiger partial charge in [0.25, 0.3) is 0 Å². The van der Waals surface area contributed by atoms with Gasteiger partial charge in [0, 0.05) is 6.54 Å². The number of carboxylic acid groups (broad SMARTS) is 1. The first-order chi connectivity index (χ1) is 6.15. The Morgan fingerprint density at radius 1 is 1.77 bits per heavy atom. The Morgan fingerprint density at radius 3 is 3.00 bits per heavy atom. The zero-order valence-electron chi connectivity index (χ0n) is 6.88. The van der Waals surface area contributed by atoms with E-state index in [9.17, 15) is 15.0 Å². The first-order valence-corrected chi connectivity index (χ1v) is 3.85. The van der Waals surface area contributed by atoms with Crippen molar-refractivity contribution >= 4 is 6.09 Å². The molecule has 0 radical (unpaired) electrons. The van der Waals surface area contributed by atoms with Gasteiger partial charge < -0.3 is 19.9 Å². The third-order valence-corrected chi connectivity index (χ3v) is 2.01. The molecule has 2 atom stereocenters. The largest absolute Gasteiger partial charge is 0.530 e. The summed E-state index contributed by atoms with van der Waals surface area (Å²) in [4.78, 5) is 14.3. The van der Waals surface area contributed by atoms with Crippen LogP contribution in [0.25, 0.3) is 0 Å².